The van der Waals surface area contributed by atoms with Crippen molar-refractivity contribution in [3.05, 3.63) is 46.0 Å². The molecule has 1 aromatic heterocycles. The maximum atomic E-state index is 13.1. The number of benzene rings is 1. The molecule has 8 heteroatoms. The Morgan fingerprint density at radius 2 is 1.86 bits per heavy atom. The third-order valence-corrected chi connectivity index (χ3v) is 6.49. The number of thiazole rings is 1. The second-order valence-electron chi connectivity index (χ2n) is 7.71. The van der Waals surface area contributed by atoms with Gasteiger partial charge in [0, 0.05) is 24.4 Å². The van der Waals surface area contributed by atoms with E-state index in [0.717, 1.165) is 41.5 Å². The number of carbonyl (C=O) groups excluding carboxylic acids is 3. The van der Waals surface area contributed by atoms with Crippen molar-refractivity contribution >= 4 is 34.2 Å². The molecule has 2 aliphatic heterocycles. The molecule has 3 heterocycles. The van der Waals surface area contributed by atoms with Crippen LogP contribution in [0.4, 0.5) is 5.13 Å². The lowest BCUT2D eigenvalue weighted by Gasteiger charge is -2.27. The van der Waals surface area contributed by atoms with Crippen LogP contribution in [0.15, 0.2) is 24.3 Å². The van der Waals surface area contributed by atoms with Gasteiger partial charge < -0.3 is 5.32 Å². The number of hydrogen-bond acceptors (Lipinski definition) is 6. The van der Waals surface area contributed by atoms with Gasteiger partial charge in [-0.25, -0.2) is 4.98 Å². The average Bonchev–Trinajstić information content (AvgIpc) is 3.21. The highest BCUT2D eigenvalue weighted by Crippen LogP contribution is 2.30. The fraction of sp³-hybridized carbons (Fsp3) is 0.429. The molecule has 0 bridgehead atoms. The number of likely N-dealkylation sites (N-methyl/N-ethyl adjacent to an activating group) is 1. The van der Waals surface area contributed by atoms with Crippen molar-refractivity contribution in [2.24, 2.45) is 5.92 Å². The number of amides is 3. The highest BCUT2D eigenvalue weighted by Gasteiger charge is 2.44. The van der Waals surface area contributed by atoms with Crippen molar-refractivity contribution in [2.75, 3.05) is 18.4 Å². The summed E-state index contributed by atoms with van der Waals surface area (Å²) in [6, 6.07) is 5.80. The van der Waals surface area contributed by atoms with Gasteiger partial charge in [-0.2, -0.15) is 0 Å². The van der Waals surface area contributed by atoms with Crippen molar-refractivity contribution in [3.63, 3.8) is 0 Å². The molecule has 2 aliphatic rings. The van der Waals surface area contributed by atoms with Crippen molar-refractivity contribution in [3.8, 4) is 0 Å². The number of rotatable bonds is 5. The lowest BCUT2D eigenvalue weighted by atomic mass is 10.0. The van der Waals surface area contributed by atoms with Gasteiger partial charge in [-0.15, -0.1) is 11.3 Å². The molecule has 0 spiro atoms. The highest BCUT2D eigenvalue weighted by atomic mass is 32.1. The van der Waals surface area contributed by atoms with Crippen molar-refractivity contribution in [1.29, 1.82) is 0 Å². The summed E-state index contributed by atoms with van der Waals surface area (Å²) in [5.74, 6) is -1.46. The van der Waals surface area contributed by atoms with Crippen molar-refractivity contribution in [1.82, 2.24) is 14.8 Å². The molecule has 152 valence electrons. The lowest BCUT2D eigenvalue weighted by Crippen LogP contribution is -2.50. The maximum absolute atomic E-state index is 13.1. The fourth-order valence-corrected chi connectivity index (χ4v) is 4.98. The first-order chi connectivity index (χ1) is 13.9. The summed E-state index contributed by atoms with van der Waals surface area (Å²) in [6.07, 6.45) is 0.863. The fourth-order valence-electron chi connectivity index (χ4n) is 3.93. The summed E-state index contributed by atoms with van der Waals surface area (Å²) < 4.78 is 0. The molecule has 7 nitrogen and oxygen atoms in total. The SMILES string of the molecule is CCN1CCc2nc(NC(=O)C(C(C)C)N3C(=O)c4ccccc4C3=O)sc2C1. The number of nitrogens with one attached hydrogen (secondary N) is 1. The van der Waals surface area contributed by atoms with Crippen LogP contribution >= 0.6 is 11.3 Å². The molecule has 0 saturated heterocycles. The predicted molar refractivity (Wildman–Crippen MR) is 111 cm³/mol. The first-order valence-electron chi connectivity index (χ1n) is 9.89. The molecular formula is C21H24N4O3S. The number of hydrogen-bond donors (Lipinski definition) is 1. The van der Waals surface area contributed by atoms with Gasteiger partial charge in [0.05, 0.1) is 16.8 Å². The van der Waals surface area contributed by atoms with E-state index in [-0.39, 0.29) is 11.8 Å². The van der Waals surface area contributed by atoms with E-state index < -0.39 is 17.9 Å². The Labute approximate surface area is 173 Å². The summed E-state index contributed by atoms with van der Waals surface area (Å²) in [7, 11) is 0. The minimum Gasteiger partial charge on any atom is -0.300 e. The van der Waals surface area contributed by atoms with Gasteiger partial charge in [0.2, 0.25) is 5.91 Å². The standard InChI is InChI=1S/C21H24N4O3S/c1-4-24-10-9-15-16(11-24)29-21(22-15)23-18(26)17(12(2)3)25-19(27)13-7-5-6-8-14(13)20(25)28/h5-8,12,17H,4,9-11H2,1-3H3,(H,22,23,26). The molecule has 2 aromatic rings. The normalized spacial score (nSPS) is 17.4. The van der Waals surface area contributed by atoms with Crippen LogP contribution in [0.25, 0.3) is 0 Å². The Hall–Kier alpha value is -2.58. The zero-order valence-electron chi connectivity index (χ0n) is 16.8. The first-order valence-corrected chi connectivity index (χ1v) is 10.7. The van der Waals surface area contributed by atoms with E-state index in [1.54, 1.807) is 24.3 Å². The second-order valence-corrected chi connectivity index (χ2v) is 8.80. The topological polar surface area (TPSA) is 82.6 Å². The third kappa shape index (κ3) is 3.47. The quantitative estimate of drug-likeness (QED) is 0.764. The monoisotopic (exact) mass is 412 g/mol. The number of fused-ring (bicyclic) bond motifs is 2. The minimum absolute atomic E-state index is 0.234. The number of carbonyl (C=O) groups is 3. The number of nitrogens with zero attached hydrogens (tertiary/aromatic N) is 3. The van der Waals surface area contributed by atoms with Gasteiger partial charge in [-0.05, 0) is 24.6 Å². The second kappa shape index (κ2) is 7.68. The lowest BCUT2D eigenvalue weighted by molar-refractivity contribution is -0.121. The van der Waals surface area contributed by atoms with E-state index >= 15 is 0 Å². The Morgan fingerprint density at radius 3 is 2.45 bits per heavy atom. The van der Waals surface area contributed by atoms with Crippen LogP contribution in [-0.2, 0) is 17.8 Å². The van der Waals surface area contributed by atoms with Gasteiger partial charge in [0.25, 0.3) is 11.8 Å². The van der Waals surface area contributed by atoms with Gasteiger partial charge in [-0.1, -0.05) is 32.9 Å². The van der Waals surface area contributed by atoms with Crippen LogP contribution in [0.3, 0.4) is 0 Å². The number of anilines is 1. The first kappa shape index (κ1) is 19.7. The summed E-state index contributed by atoms with van der Waals surface area (Å²) in [4.78, 5) is 48.0. The third-order valence-electron chi connectivity index (χ3n) is 5.49. The van der Waals surface area contributed by atoms with Gasteiger partial charge in [0.1, 0.15) is 6.04 Å². The van der Waals surface area contributed by atoms with Crippen LogP contribution < -0.4 is 5.32 Å². The van der Waals surface area contributed by atoms with Crippen LogP contribution in [0.5, 0.6) is 0 Å². The Morgan fingerprint density at radius 1 is 1.21 bits per heavy atom. The van der Waals surface area contributed by atoms with E-state index in [4.69, 9.17) is 0 Å². The molecule has 1 N–H and O–H groups in total. The molecule has 4 rings (SSSR count). The molecule has 0 aliphatic carbocycles. The highest BCUT2D eigenvalue weighted by molar-refractivity contribution is 7.15. The Kier molecular flexibility index (Phi) is 5.23. The molecule has 29 heavy (non-hydrogen) atoms. The Balaban J connectivity index is 1.56. The summed E-state index contributed by atoms with van der Waals surface area (Å²) in [5.41, 5.74) is 1.72. The Bertz CT molecular complexity index is 949. The number of aromatic nitrogens is 1. The minimum atomic E-state index is -0.893. The summed E-state index contributed by atoms with van der Waals surface area (Å²) >= 11 is 1.47. The van der Waals surface area contributed by atoms with E-state index in [0.29, 0.717) is 16.3 Å². The van der Waals surface area contributed by atoms with E-state index in [1.807, 2.05) is 13.8 Å². The summed E-state index contributed by atoms with van der Waals surface area (Å²) in [5, 5.41) is 3.39. The molecule has 0 fully saturated rings. The molecule has 3 amide bonds. The van der Waals surface area contributed by atoms with E-state index in [1.165, 1.54) is 11.3 Å². The number of imide groups is 1. The van der Waals surface area contributed by atoms with Crippen LogP contribution in [0.2, 0.25) is 0 Å². The van der Waals surface area contributed by atoms with Crippen LogP contribution in [0, 0.1) is 5.92 Å². The molecule has 1 atom stereocenters. The zero-order valence-corrected chi connectivity index (χ0v) is 17.6. The predicted octanol–water partition coefficient (Wildman–Crippen LogP) is 2.78. The molecule has 0 radical (unpaired) electrons. The van der Waals surface area contributed by atoms with Gasteiger partial charge in [-0.3, -0.25) is 24.2 Å². The van der Waals surface area contributed by atoms with E-state index in [2.05, 4.69) is 22.1 Å². The van der Waals surface area contributed by atoms with E-state index in [9.17, 15) is 14.4 Å². The zero-order chi connectivity index (χ0) is 20.7. The molecular weight excluding hydrogens is 388 g/mol. The average molecular weight is 413 g/mol. The largest absolute Gasteiger partial charge is 0.300 e. The molecule has 1 aromatic carbocycles. The van der Waals surface area contributed by atoms with Crippen LogP contribution in [0.1, 0.15) is 52.1 Å². The summed E-state index contributed by atoms with van der Waals surface area (Å²) in [6.45, 7) is 8.58. The van der Waals surface area contributed by atoms with Crippen molar-refractivity contribution < 1.29 is 14.4 Å². The smallest absolute Gasteiger partial charge is 0.262 e. The molecule has 1 unspecified atom stereocenters. The van der Waals surface area contributed by atoms with Gasteiger partial charge in [0.15, 0.2) is 5.13 Å². The van der Waals surface area contributed by atoms with Gasteiger partial charge >= 0.3 is 0 Å². The molecule has 0 saturated carbocycles. The van der Waals surface area contributed by atoms with Crippen LogP contribution in [-0.4, -0.2) is 51.6 Å². The maximum Gasteiger partial charge on any atom is 0.262 e. The van der Waals surface area contributed by atoms with Crippen molar-refractivity contribution in [2.45, 2.75) is 39.8 Å².